The van der Waals surface area contributed by atoms with Crippen LogP contribution in [0.1, 0.15) is 47.1 Å². The Labute approximate surface area is 221 Å². The van der Waals surface area contributed by atoms with E-state index in [1.807, 2.05) is 53.1 Å². The molecule has 0 unspecified atom stereocenters. The molecule has 1 heterocycles. The van der Waals surface area contributed by atoms with E-state index in [1.165, 1.54) is 0 Å². The minimum absolute atomic E-state index is 0.0539. The molecule has 0 aliphatic rings. The third kappa shape index (κ3) is 7.44. The first kappa shape index (κ1) is 30.1. The number of benzene rings is 1. The van der Waals surface area contributed by atoms with Gasteiger partial charge in [-0.25, -0.2) is 4.79 Å². The summed E-state index contributed by atoms with van der Waals surface area (Å²) in [5.74, 6) is -0.895. The molecule has 1 aromatic carbocycles. The number of ether oxygens (including phenoxy) is 1. The molecule has 0 bridgehead atoms. The number of aryl methyl sites for hydroxylation is 1. The Kier molecular flexibility index (Phi) is 10.9. The third-order valence-corrected chi connectivity index (χ3v) is 6.79. The van der Waals surface area contributed by atoms with Crippen LogP contribution in [0.5, 0.6) is 0 Å². The fourth-order valence-electron chi connectivity index (χ4n) is 4.59. The summed E-state index contributed by atoms with van der Waals surface area (Å²) in [5.41, 5.74) is 2.63. The lowest BCUT2D eigenvalue weighted by molar-refractivity contribution is -0.139. The normalized spacial score (nSPS) is 14.5. The van der Waals surface area contributed by atoms with E-state index in [0.717, 1.165) is 16.5 Å². The molecule has 204 valence electrons. The lowest BCUT2D eigenvalue weighted by Crippen LogP contribution is -2.56. The monoisotopic (exact) mass is 512 g/mol. The number of esters is 1. The maximum absolute atomic E-state index is 13.6. The largest absolute Gasteiger partial charge is 0.463 e. The second kappa shape index (κ2) is 13.4. The van der Waals surface area contributed by atoms with Crippen molar-refractivity contribution in [3.63, 3.8) is 0 Å². The SMILES string of the molecule is CCOC(=O)C(C)=C[C@H](C(C)C)N(C)C(=O)[C@@H](NC(=O)[C@H](Cc1cn(C)c2ccccc12)NC)C(C)C. The summed E-state index contributed by atoms with van der Waals surface area (Å²) < 4.78 is 7.16. The molecule has 0 aliphatic carbocycles. The van der Waals surface area contributed by atoms with Crippen molar-refractivity contribution in [1.82, 2.24) is 20.1 Å². The summed E-state index contributed by atoms with van der Waals surface area (Å²) in [7, 11) is 5.47. The number of carbonyl (C=O) groups excluding carboxylic acids is 3. The molecule has 0 radical (unpaired) electrons. The van der Waals surface area contributed by atoms with Gasteiger partial charge in [0.1, 0.15) is 6.04 Å². The van der Waals surface area contributed by atoms with Gasteiger partial charge in [-0.3, -0.25) is 9.59 Å². The van der Waals surface area contributed by atoms with Crippen molar-refractivity contribution in [2.75, 3.05) is 20.7 Å². The van der Waals surface area contributed by atoms with Crippen LogP contribution in [-0.2, 0) is 32.6 Å². The van der Waals surface area contributed by atoms with E-state index in [0.29, 0.717) is 12.0 Å². The van der Waals surface area contributed by atoms with Crippen LogP contribution in [0.3, 0.4) is 0 Å². The molecule has 0 saturated heterocycles. The van der Waals surface area contributed by atoms with Crippen LogP contribution in [0.15, 0.2) is 42.1 Å². The molecule has 8 nitrogen and oxygen atoms in total. The summed E-state index contributed by atoms with van der Waals surface area (Å²) in [6.07, 6.45) is 4.32. The quantitative estimate of drug-likeness (QED) is 0.336. The van der Waals surface area contributed by atoms with Gasteiger partial charge in [-0.1, -0.05) is 52.0 Å². The molecule has 1 aromatic heterocycles. The highest BCUT2D eigenvalue weighted by Gasteiger charge is 2.33. The standard InChI is InChI=1S/C29H44N4O4/c1-10-37-29(36)20(6)15-25(18(2)3)33(9)28(35)26(19(4)5)31-27(34)23(30-7)16-21-17-32(8)24-14-12-11-13-22(21)24/h11-15,17-19,23,25-26,30H,10,16H2,1-9H3,(H,31,34)/t23-,25+,26-/m0/s1. The Balaban J connectivity index is 2.23. The number of hydrogen-bond acceptors (Lipinski definition) is 5. The predicted molar refractivity (Wildman–Crippen MR) is 148 cm³/mol. The number of aromatic nitrogens is 1. The molecule has 2 amide bonds. The first-order valence-corrected chi connectivity index (χ1v) is 13.1. The summed E-state index contributed by atoms with van der Waals surface area (Å²) in [6.45, 7) is 11.6. The van der Waals surface area contributed by atoms with Crippen LogP contribution in [0.25, 0.3) is 10.9 Å². The Morgan fingerprint density at radius 1 is 1.11 bits per heavy atom. The molecule has 0 spiro atoms. The van der Waals surface area contributed by atoms with Crippen molar-refractivity contribution in [3.8, 4) is 0 Å². The van der Waals surface area contributed by atoms with E-state index in [-0.39, 0.29) is 36.3 Å². The number of para-hydroxylation sites is 1. The zero-order valence-electron chi connectivity index (χ0n) is 23.8. The van der Waals surface area contributed by atoms with Crippen molar-refractivity contribution in [3.05, 3.63) is 47.7 Å². The Morgan fingerprint density at radius 2 is 1.76 bits per heavy atom. The van der Waals surface area contributed by atoms with Gasteiger partial charge in [0.15, 0.2) is 0 Å². The van der Waals surface area contributed by atoms with Gasteiger partial charge >= 0.3 is 5.97 Å². The van der Waals surface area contributed by atoms with E-state index in [9.17, 15) is 14.4 Å². The van der Waals surface area contributed by atoms with Crippen LogP contribution in [0.2, 0.25) is 0 Å². The molecular weight excluding hydrogens is 468 g/mol. The predicted octanol–water partition coefficient (Wildman–Crippen LogP) is 3.44. The Hall–Kier alpha value is -3.13. The van der Waals surface area contributed by atoms with Gasteiger partial charge in [-0.05, 0) is 50.8 Å². The van der Waals surface area contributed by atoms with Gasteiger partial charge in [0, 0.05) is 36.8 Å². The Bertz CT molecular complexity index is 1120. The van der Waals surface area contributed by atoms with Gasteiger partial charge in [0.05, 0.1) is 18.7 Å². The number of carbonyl (C=O) groups is 3. The average Bonchev–Trinajstić information content (AvgIpc) is 3.18. The molecular formula is C29H44N4O4. The highest BCUT2D eigenvalue weighted by atomic mass is 16.5. The minimum atomic E-state index is -0.710. The second-order valence-electron chi connectivity index (χ2n) is 10.3. The minimum Gasteiger partial charge on any atom is -0.463 e. The van der Waals surface area contributed by atoms with Crippen molar-refractivity contribution in [1.29, 1.82) is 0 Å². The summed E-state index contributed by atoms with van der Waals surface area (Å²) in [4.78, 5) is 40.8. The van der Waals surface area contributed by atoms with Gasteiger partial charge in [0.2, 0.25) is 11.8 Å². The van der Waals surface area contributed by atoms with Gasteiger partial charge in [0.25, 0.3) is 0 Å². The molecule has 0 saturated carbocycles. The van der Waals surface area contributed by atoms with Crippen LogP contribution in [-0.4, -0.2) is 66.1 Å². The van der Waals surface area contributed by atoms with Crippen LogP contribution in [0.4, 0.5) is 0 Å². The first-order valence-electron chi connectivity index (χ1n) is 13.1. The van der Waals surface area contributed by atoms with Crippen molar-refractivity contribution < 1.29 is 19.1 Å². The van der Waals surface area contributed by atoms with Gasteiger partial charge in [-0.2, -0.15) is 0 Å². The smallest absolute Gasteiger partial charge is 0.333 e. The van der Waals surface area contributed by atoms with E-state index in [1.54, 1.807) is 38.9 Å². The van der Waals surface area contributed by atoms with E-state index in [4.69, 9.17) is 4.74 Å². The number of nitrogens with zero attached hydrogens (tertiary/aromatic N) is 2. The molecule has 37 heavy (non-hydrogen) atoms. The lowest BCUT2D eigenvalue weighted by Gasteiger charge is -2.34. The van der Waals surface area contributed by atoms with Crippen LogP contribution in [0, 0.1) is 11.8 Å². The zero-order valence-corrected chi connectivity index (χ0v) is 23.8. The van der Waals surface area contributed by atoms with Crippen molar-refractivity contribution in [2.45, 2.75) is 66.1 Å². The average molecular weight is 513 g/mol. The summed E-state index contributed by atoms with van der Waals surface area (Å²) in [6, 6.07) is 6.56. The van der Waals surface area contributed by atoms with Crippen molar-refractivity contribution >= 4 is 28.7 Å². The molecule has 0 aliphatic heterocycles. The molecule has 0 fully saturated rings. The first-order chi connectivity index (χ1) is 17.4. The van der Waals surface area contributed by atoms with Gasteiger partial charge in [-0.15, -0.1) is 0 Å². The summed E-state index contributed by atoms with van der Waals surface area (Å²) in [5, 5.41) is 7.23. The number of rotatable bonds is 12. The van der Waals surface area contributed by atoms with Gasteiger partial charge < -0.3 is 24.8 Å². The second-order valence-corrected chi connectivity index (χ2v) is 10.3. The summed E-state index contributed by atoms with van der Waals surface area (Å²) >= 11 is 0. The number of fused-ring (bicyclic) bond motifs is 1. The highest BCUT2D eigenvalue weighted by molar-refractivity contribution is 5.92. The topological polar surface area (TPSA) is 92.7 Å². The molecule has 2 aromatic rings. The van der Waals surface area contributed by atoms with Crippen LogP contribution >= 0.6 is 0 Å². The maximum atomic E-state index is 13.6. The van der Waals surface area contributed by atoms with E-state index >= 15 is 0 Å². The Morgan fingerprint density at radius 3 is 2.32 bits per heavy atom. The number of hydrogen-bond donors (Lipinski definition) is 2. The number of nitrogens with one attached hydrogen (secondary N) is 2. The molecule has 2 N–H and O–H groups in total. The van der Waals surface area contributed by atoms with E-state index in [2.05, 4.69) is 27.3 Å². The maximum Gasteiger partial charge on any atom is 0.333 e. The third-order valence-electron chi connectivity index (χ3n) is 6.79. The van der Waals surface area contributed by atoms with E-state index < -0.39 is 18.1 Å². The number of likely N-dealkylation sites (N-methyl/N-ethyl adjacent to an activating group) is 2. The fourth-order valence-corrected chi connectivity index (χ4v) is 4.59. The molecule has 2 rings (SSSR count). The zero-order chi connectivity index (χ0) is 27.9. The molecule has 3 atom stereocenters. The lowest BCUT2D eigenvalue weighted by atomic mass is 9.96. The van der Waals surface area contributed by atoms with Crippen LogP contribution < -0.4 is 10.6 Å². The fraction of sp³-hybridized carbons (Fsp3) is 0.552. The molecule has 8 heteroatoms. The van der Waals surface area contributed by atoms with Crippen molar-refractivity contribution in [2.24, 2.45) is 18.9 Å². The number of amides is 2. The highest BCUT2D eigenvalue weighted by Crippen LogP contribution is 2.22.